The molecule has 0 saturated carbocycles. The van der Waals surface area contributed by atoms with Crippen molar-refractivity contribution in [1.82, 2.24) is 5.01 Å². The fraction of sp³-hybridized carbons (Fsp3) is 0.875. The quantitative estimate of drug-likeness (QED) is 0.731. The Bertz CT molecular complexity index is 268. The Hall–Kier alpha value is -0.860. The van der Waals surface area contributed by atoms with Crippen molar-refractivity contribution < 1.29 is 27.8 Å². The van der Waals surface area contributed by atoms with Crippen LogP contribution in [0.2, 0.25) is 0 Å². The van der Waals surface area contributed by atoms with Crippen LogP contribution in [-0.2, 0) is 9.47 Å². The summed E-state index contributed by atoms with van der Waals surface area (Å²) in [4.78, 5) is 0. The van der Waals surface area contributed by atoms with Crippen LogP contribution in [0, 0.1) is 0 Å². The molecule has 1 heterocycles. The van der Waals surface area contributed by atoms with Crippen molar-refractivity contribution in [2.45, 2.75) is 24.6 Å². The molecular formula is C8H13F3N2O3. The maximum absolute atomic E-state index is 12.2. The van der Waals surface area contributed by atoms with E-state index in [4.69, 9.17) is 9.47 Å². The second kappa shape index (κ2) is 4.56. The average Bonchev–Trinajstić information content (AvgIpc) is 2.48. The molecule has 5 nitrogen and oxygen atoms in total. The van der Waals surface area contributed by atoms with E-state index in [1.54, 1.807) is 0 Å². The van der Waals surface area contributed by atoms with Gasteiger partial charge in [-0.1, -0.05) is 0 Å². The number of halogens is 3. The summed E-state index contributed by atoms with van der Waals surface area (Å²) >= 11 is 0. The van der Waals surface area contributed by atoms with Crippen LogP contribution in [0.5, 0.6) is 0 Å². The van der Waals surface area contributed by atoms with Gasteiger partial charge in [0.1, 0.15) is 6.54 Å². The van der Waals surface area contributed by atoms with E-state index >= 15 is 0 Å². The van der Waals surface area contributed by atoms with Gasteiger partial charge < -0.3 is 14.6 Å². The lowest BCUT2D eigenvalue weighted by Gasteiger charge is -2.37. The second-order valence-electron chi connectivity index (χ2n) is 3.36. The Morgan fingerprint density at radius 2 is 2.06 bits per heavy atom. The first-order valence-corrected chi connectivity index (χ1v) is 4.48. The van der Waals surface area contributed by atoms with Crippen LogP contribution in [-0.4, -0.2) is 55.3 Å². The minimum Gasteiger partial charge on any atom is -0.365 e. The summed E-state index contributed by atoms with van der Waals surface area (Å²) in [6.45, 7) is -1.36. The molecule has 1 rings (SSSR count). The zero-order valence-corrected chi connectivity index (χ0v) is 8.86. The Balaban J connectivity index is 2.79. The summed E-state index contributed by atoms with van der Waals surface area (Å²) in [6, 6.07) is 0. The fourth-order valence-electron chi connectivity index (χ4n) is 1.52. The van der Waals surface area contributed by atoms with Gasteiger partial charge in [-0.3, -0.25) is 5.01 Å². The summed E-state index contributed by atoms with van der Waals surface area (Å²) < 4.78 is 46.2. The van der Waals surface area contributed by atoms with Crippen LogP contribution in [0.15, 0.2) is 5.10 Å². The summed E-state index contributed by atoms with van der Waals surface area (Å²) in [5.74, 6) is 0. The van der Waals surface area contributed by atoms with Gasteiger partial charge in [0.25, 0.3) is 0 Å². The highest BCUT2D eigenvalue weighted by molar-refractivity contribution is 5.60. The Morgan fingerprint density at radius 3 is 2.50 bits per heavy atom. The molecule has 94 valence electrons. The molecule has 0 aromatic heterocycles. The molecule has 0 aromatic rings. The normalized spacial score (nSPS) is 25.8. The van der Waals surface area contributed by atoms with E-state index in [0.29, 0.717) is 5.01 Å². The first-order chi connectivity index (χ1) is 7.33. The van der Waals surface area contributed by atoms with E-state index in [-0.39, 0.29) is 6.42 Å². The van der Waals surface area contributed by atoms with Crippen molar-refractivity contribution in [2.75, 3.05) is 20.8 Å². The number of aliphatic hydroxyl groups is 1. The van der Waals surface area contributed by atoms with E-state index in [9.17, 15) is 18.3 Å². The van der Waals surface area contributed by atoms with Crippen LogP contribution in [0.25, 0.3) is 0 Å². The lowest BCUT2D eigenvalue weighted by Crippen LogP contribution is -2.55. The van der Waals surface area contributed by atoms with Gasteiger partial charge in [0.2, 0.25) is 12.0 Å². The highest BCUT2D eigenvalue weighted by atomic mass is 19.4. The van der Waals surface area contributed by atoms with Crippen LogP contribution in [0.3, 0.4) is 0 Å². The first kappa shape index (κ1) is 13.2. The topological polar surface area (TPSA) is 54.3 Å². The molecule has 0 fully saturated rings. The third-order valence-corrected chi connectivity index (χ3v) is 2.19. The first-order valence-electron chi connectivity index (χ1n) is 4.48. The van der Waals surface area contributed by atoms with Crippen LogP contribution < -0.4 is 0 Å². The van der Waals surface area contributed by atoms with Crippen LogP contribution in [0.4, 0.5) is 13.2 Å². The monoisotopic (exact) mass is 242 g/mol. The molecule has 0 aliphatic carbocycles. The third-order valence-electron chi connectivity index (χ3n) is 2.19. The molecule has 1 atom stereocenters. The van der Waals surface area contributed by atoms with E-state index in [1.807, 2.05) is 0 Å². The Morgan fingerprint density at radius 1 is 1.50 bits per heavy atom. The van der Waals surface area contributed by atoms with Crippen molar-refractivity contribution >= 4 is 6.21 Å². The predicted molar refractivity (Wildman–Crippen MR) is 48.6 cm³/mol. The molecule has 0 saturated heterocycles. The van der Waals surface area contributed by atoms with Crippen molar-refractivity contribution in [1.29, 1.82) is 0 Å². The molecule has 0 amide bonds. The molecule has 1 aliphatic rings. The summed E-state index contributed by atoms with van der Waals surface area (Å²) in [6.07, 6.45) is -4.55. The van der Waals surface area contributed by atoms with E-state index in [2.05, 4.69) is 5.10 Å². The number of methoxy groups -OCH3 is 2. The van der Waals surface area contributed by atoms with E-state index < -0.39 is 24.7 Å². The van der Waals surface area contributed by atoms with Gasteiger partial charge >= 0.3 is 6.18 Å². The number of ether oxygens (including phenoxy) is 2. The molecule has 1 aliphatic heterocycles. The zero-order valence-electron chi connectivity index (χ0n) is 8.86. The van der Waals surface area contributed by atoms with Gasteiger partial charge in [-0.25, -0.2) is 0 Å². The molecule has 0 aromatic carbocycles. The highest BCUT2D eigenvalue weighted by Crippen LogP contribution is 2.31. The largest absolute Gasteiger partial charge is 0.407 e. The predicted octanol–water partition coefficient (Wildman–Crippen LogP) is 0.548. The van der Waals surface area contributed by atoms with Crippen molar-refractivity contribution in [3.63, 3.8) is 0 Å². The summed E-state index contributed by atoms with van der Waals surface area (Å²) in [7, 11) is 2.46. The lowest BCUT2D eigenvalue weighted by molar-refractivity contribution is -0.281. The molecule has 0 spiro atoms. The molecule has 16 heavy (non-hydrogen) atoms. The van der Waals surface area contributed by atoms with Gasteiger partial charge in [0.15, 0.2) is 0 Å². The minimum absolute atomic E-state index is 0.0879. The molecule has 1 N–H and O–H groups in total. The number of hydrogen-bond donors (Lipinski definition) is 1. The van der Waals surface area contributed by atoms with Gasteiger partial charge in [-0.2, -0.15) is 18.3 Å². The third kappa shape index (κ3) is 2.63. The molecule has 8 heteroatoms. The van der Waals surface area contributed by atoms with Gasteiger partial charge in [0.05, 0.1) is 0 Å². The minimum atomic E-state index is -4.46. The van der Waals surface area contributed by atoms with Crippen LogP contribution in [0.1, 0.15) is 6.42 Å². The fourth-order valence-corrected chi connectivity index (χ4v) is 1.52. The highest BCUT2D eigenvalue weighted by Gasteiger charge is 2.49. The number of alkyl halides is 3. The van der Waals surface area contributed by atoms with Crippen molar-refractivity contribution in [3.8, 4) is 0 Å². The maximum Gasteiger partial charge on any atom is 0.407 e. The van der Waals surface area contributed by atoms with Crippen molar-refractivity contribution in [3.05, 3.63) is 0 Å². The maximum atomic E-state index is 12.2. The zero-order chi connectivity index (χ0) is 12.4. The Kier molecular flexibility index (Phi) is 3.76. The standard InChI is InChI=1S/C8H13F3N2O3/c1-15-6(16-2)7(14)3-4-12-13(7)5-8(9,10)11/h4,6,14H,3,5H2,1-2H3. The molecular weight excluding hydrogens is 229 g/mol. The smallest absolute Gasteiger partial charge is 0.365 e. The SMILES string of the molecule is COC(OC)C1(O)CC=NN1CC(F)(F)F. The number of nitrogens with zero attached hydrogens (tertiary/aromatic N) is 2. The van der Waals surface area contributed by atoms with E-state index in [1.165, 1.54) is 20.4 Å². The second-order valence-corrected chi connectivity index (χ2v) is 3.36. The van der Waals surface area contributed by atoms with Crippen LogP contribution >= 0.6 is 0 Å². The lowest BCUT2D eigenvalue weighted by atomic mass is 10.1. The summed E-state index contributed by atoms with van der Waals surface area (Å²) in [5.41, 5.74) is -1.92. The number of hydrogen-bond acceptors (Lipinski definition) is 5. The number of rotatable bonds is 4. The average molecular weight is 242 g/mol. The molecule has 0 radical (unpaired) electrons. The molecule has 0 bridgehead atoms. The Labute approximate surface area is 90.4 Å². The summed E-state index contributed by atoms with van der Waals surface area (Å²) in [5, 5.41) is 14.0. The molecule has 1 unspecified atom stereocenters. The van der Waals surface area contributed by atoms with Gasteiger partial charge in [-0.15, -0.1) is 0 Å². The van der Waals surface area contributed by atoms with Gasteiger partial charge in [-0.05, 0) is 0 Å². The number of hydrazone groups is 1. The van der Waals surface area contributed by atoms with Gasteiger partial charge in [0, 0.05) is 26.9 Å². The van der Waals surface area contributed by atoms with Crippen molar-refractivity contribution in [2.24, 2.45) is 5.10 Å². The van der Waals surface area contributed by atoms with E-state index in [0.717, 1.165) is 0 Å².